The molecule has 1 aromatic heterocycles. The van der Waals surface area contributed by atoms with Crippen molar-refractivity contribution >= 4 is 27.7 Å². The number of halogens is 1. The number of rotatable bonds is 4. The van der Waals surface area contributed by atoms with Crippen LogP contribution in [0.5, 0.6) is 0 Å². The molecule has 0 aliphatic carbocycles. The fourth-order valence-corrected chi connectivity index (χ4v) is 1.72. The van der Waals surface area contributed by atoms with Gasteiger partial charge in [-0.05, 0) is 21.5 Å². The number of benzene rings is 1. The van der Waals surface area contributed by atoms with Crippen molar-refractivity contribution in [1.82, 2.24) is 9.97 Å². The molecule has 0 saturated heterocycles. The van der Waals surface area contributed by atoms with E-state index in [0.717, 1.165) is 16.8 Å². The van der Waals surface area contributed by atoms with Gasteiger partial charge in [0.1, 0.15) is 5.82 Å². The second kappa shape index (κ2) is 5.63. The molecule has 0 unspecified atom stereocenters. The van der Waals surface area contributed by atoms with E-state index in [4.69, 9.17) is 0 Å². The maximum Gasteiger partial charge on any atom is 0.224 e. The van der Waals surface area contributed by atoms with Gasteiger partial charge in [0.05, 0.1) is 4.47 Å². The summed E-state index contributed by atoms with van der Waals surface area (Å²) < 4.78 is 0.854. The summed E-state index contributed by atoms with van der Waals surface area (Å²) in [7, 11) is 1.80. The van der Waals surface area contributed by atoms with Gasteiger partial charge in [-0.1, -0.05) is 30.3 Å². The zero-order chi connectivity index (χ0) is 12.1. The van der Waals surface area contributed by atoms with Gasteiger partial charge in [-0.3, -0.25) is 0 Å². The lowest BCUT2D eigenvalue weighted by atomic mass is 10.2. The molecule has 0 fully saturated rings. The quantitative estimate of drug-likeness (QED) is 0.910. The van der Waals surface area contributed by atoms with Crippen LogP contribution in [-0.2, 0) is 6.54 Å². The van der Waals surface area contributed by atoms with E-state index in [0.29, 0.717) is 5.95 Å². The van der Waals surface area contributed by atoms with Gasteiger partial charge in [-0.15, -0.1) is 0 Å². The minimum absolute atomic E-state index is 0.601. The van der Waals surface area contributed by atoms with Crippen LogP contribution >= 0.6 is 15.9 Å². The molecule has 1 heterocycles. The van der Waals surface area contributed by atoms with Gasteiger partial charge < -0.3 is 10.6 Å². The molecular weight excluding hydrogens is 280 g/mol. The van der Waals surface area contributed by atoms with Gasteiger partial charge in [0, 0.05) is 19.8 Å². The van der Waals surface area contributed by atoms with Crippen LogP contribution in [0.15, 0.2) is 41.0 Å². The zero-order valence-electron chi connectivity index (χ0n) is 9.44. The molecule has 0 spiro atoms. The Bertz CT molecular complexity index is 487. The van der Waals surface area contributed by atoms with Crippen LogP contribution in [-0.4, -0.2) is 17.0 Å². The third kappa shape index (κ3) is 3.17. The lowest BCUT2D eigenvalue weighted by molar-refractivity contribution is 1.07. The van der Waals surface area contributed by atoms with Crippen molar-refractivity contribution in [1.29, 1.82) is 0 Å². The maximum absolute atomic E-state index is 4.33. The molecule has 5 heteroatoms. The molecule has 0 bridgehead atoms. The highest BCUT2D eigenvalue weighted by Crippen LogP contribution is 2.20. The van der Waals surface area contributed by atoms with Crippen molar-refractivity contribution in [3.63, 3.8) is 0 Å². The Labute approximate surface area is 109 Å². The van der Waals surface area contributed by atoms with Gasteiger partial charge in [0.2, 0.25) is 5.95 Å². The summed E-state index contributed by atoms with van der Waals surface area (Å²) in [4.78, 5) is 8.43. The van der Waals surface area contributed by atoms with Crippen molar-refractivity contribution in [2.75, 3.05) is 17.7 Å². The van der Waals surface area contributed by atoms with Crippen LogP contribution in [0.25, 0.3) is 0 Å². The van der Waals surface area contributed by atoms with Crippen LogP contribution < -0.4 is 10.6 Å². The topological polar surface area (TPSA) is 49.8 Å². The molecule has 2 aromatic rings. The molecule has 0 amide bonds. The largest absolute Gasteiger partial charge is 0.365 e. The second-order valence-electron chi connectivity index (χ2n) is 3.48. The van der Waals surface area contributed by atoms with Crippen molar-refractivity contribution in [3.05, 3.63) is 46.6 Å². The van der Waals surface area contributed by atoms with E-state index in [1.165, 1.54) is 5.56 Å². The van der Waals surface area contributed by atoms with Crippen molar-refractivity contribution in [3.8, 4) is 0 Å². The monoisotopic (exact) mass is 292 g/mol. The van der Waals surface area contributed by atoms with Gasteiger partial charge in [0.15, 0.2) is 0 Å². The lowest BCUT2D eigenvalue weighted by Gasteiger charge is -2.08. The van der Waals surface area contributed by atoms with Gasteiger partial charge in [-0.2, -0.15) is 4.98 Å². The zero-order valence-corrected chi connectivity index (χ0v) is 11.0. The fourth-order valence-electron chi connectivity index (χ4n) is 1.39. The molecule has 1 aromatic carbocycles. The number of aromatic nitrogens is 2. The minimum Gasteiger partial charge on any atom is -0.365 e. The summed E-state index contributed by atoms with van der Waals surface area (Å²) in [5, 5.41) is 6.18. The van der Waals surface area contributed by atoms with Gasteiger partial charge >= 0.3 is 0 Å². The van der Waals surface area contributed by atoms with E-state index in [1.54, 1.807) is 13.2 Å². The summed E-state index contributed by atoms with van der Waals surface area (Å²) >= 11 is 3.42. The van der Waals surface area contributed by atoms with Crippen LogP contribution in [0.1, 0.15) is 5.56 Å². The SMILES string of the molecule is CNc1ncc(Br)c(NCc2ccccc2)n1. The molecule has 0 aliphatic rings. The molecular formula is C12H13BrN4. The van der Waals surface area contributed by atoms with Crippen molar-refractivity contribution in [2.24, 2.45) is 0 Å². The van der Waals surface area contributed by atoms with Crippen LogP contribution in [0.4, 0.5) is 11.8 Å². The normalized spacial score (nSPS) is 10.0. The van der Waals surface area contributed by atoms with E-state index in [-0.39, 0.29) is 0 Å². The molecule has 0 saturated carbocycles. The summed E-state index contributed by atoms with van der Waals surface area (Å²) in [6.07, 6.45) is 1.73. The molecule has 0 aliphatic heterocycles. The molecule has 4 nitrogen and oxygen atoms in total. The van der Waals surface area contributed by atoms with E-state index < -0.39 is 0 Å². The predicted octanol–water partition coefficient (Wildman–Crippen LogP) is 2.89. The Morgan fingerprint density at radius 3 is 2.71 bits per heavy atom. The fraction of sp³-hybridized carbons (Fsp3) is 0.167. The maximum atomic E-state index is 4.33. The van der Waals surface area contributed by atoms with E-state index in [9.17, 15) is 0 Å². The Morgan fingerprint density at radius 1 is 1.24 bits per heavy atom. The predicted molar refractivity (Wildman–Crippen MR) is 73.0 cm³/mol. The lowest BCUT2D eigenvalue weighted by Crippen LogP contribution is -2.05. The molecule has 88 valence electrons. The summed E-state index contributed by atoms with van der Waals surface area (Å²) in [5.74, 6) is 1.39. The smallest absolute Gasteiger partial charge is 0.224 e. The van der Waals surface area contributed by atoms with Crippen LogP contribution in [0.3, 0.4) is 0 Å². The highest BCUT2D eigenvalue weighted by Gasteiger charge is 2.03. The Kier molecular flexibility index (Phi) is 3.93. The highest BCUT2D eigenvalue weighted by molar-refractivity contribution is 9.10. The van der Waals surface area contributed by atoms with Crippen molar-refractivity contribution < 1.29 is 0 Å². The third-order valence-electron chi connectivity index (χ3n) is 2.27. The first-order valence-electron chi connectivity index (χ1n) is 5.27. The van der Waals surface area contributed by atoms with E-state index >= 15 is 0 Å². The molecule has 17 heavy (non-hydrogen) atoms. The second-order valence-corrected chi connectivity index (χ2v) is 4.33. The molecule has 2 rings (SSSR count). The highest BCUT2D eigenvalue weighted by atomic mass is 79.9. The first kappa shape index (κ1) is 11.9. The van der Waals surface area contributed by atoms with Crippen LogP contribution in [0, 0.1) is 0 Å². The average molecular weight is 293 g/mol. The summed E-state index contributed by atoms with van der Waals surface area (Å²) in [5.41, 5.74) is 1.21. The summed E-state index contributed by atoms with van der Waals surface area (Å²) in [6, 6.07) is 10.2. The van der Waals surface area contributed by atoms with E-state index in [2.05, 4.69) is 48.7 Å². The first-order chi connectivity index (χ1) is 8.29. The average Bonchev–Trinajstić information content (AvgIpc) is 2.39. The first-order valence-corrected chi connectivity index (χ1v) is 6.07. The molecule has 0 radical (unpaired) electrons. The third-order valence-corrected chi connectivity index (χ3v) is 2.85. The Balaban J connectivity index is 2.08. The molecule has 0 atom stereocenters. The van der Waals surface area contributed by atoms with Gasteiger partial charge in [-0.25, -0.2) is 4.98 Å². The van der Waals surface area contributed by atoms with Crippen molar-refractivity contribution in [2.45, 2.75) is 6.54 Å². The minimum atomic E-state index is 0.601. The number of hydrogen-bond donors (Lipinski definition) is 2. The summed E-state index contributed by atoms with van der Waals surface area (Å²) in [6.45, 7) is 0.736. The van der Waals surface area contributed by atoms with Crippen LogP contribution in [0.2, 0.25) is 0 Å². The Hall–Kier alpha value is -1.62. The Morgan fingerprint density at radius 2 is 2.00 bits per heavy atom. The number of anilines is 2. The molecule has 2 N–H and O–H groups in total. The standard InChI is InChI=1S/C12H13BrN4/c1-14-12-16-8-10(13)11(17-12)15-7-9-5-3-2-4-6-9/h2-6,8H,7H2,1H3,(H2,14,15,16,17). The number of hydrogen-bond acceptors (Lipinski definition) is 4. The van der Waals surface area contributed by atoms with E-state index in [1.807, 2.05) is 18.2 Å². The number of nitrogens with one attached hydrogen (secondary N) is 2. The number of nitrogens with zero attached hydrogens (tertiary/aromatic N) is 2. The van der Waals surface area contributed by atoms with Gasteiger partial charge in [0.25, 0.3) is 0 Å².